The molecule has 2 aromatic heterocycles. The first-order valence-corrected chi connectivity index (χ1v) is 19.2. The molecular weight excluding hydrogens is 695 g/mol. The molecule has 0 unspecified atom stereocenters. The Morgan fingerprint density at radius 2 is 0.737 bits per heavy atom. The van der Waals surface area contributed by atoms with Gasteiger partial charge in [-0.1, -0.05) is 176 Å². The van der Waals surface area contributed by atoms with Crippen molar-refractivity contribution in [3.05, 3.63) is 200 Å². The number of aromatic nitrogens is 3. The van der Waals surface area contributed by atoms with Gasteiger partial charge in [0.1, 0.15) is 11.2 Å². The van der Waals surface area contributed by atoms with Crippen LogP contribution in [0.5, 0.6) is 0 Å². The largest absolute Gasteiger partial charge is 0.456 e. The van der Waals surface area contributed by atoms with Crippen molar-refractivity contribution in [3.63, 3.8) is 0 Å². The lowest BCUT2D eigenvalue weighted by atomic mass is 9.94. The second-order valence-electron chi connectivity index (χ2n) is 14.3. The molecule has 4 nitrogen and oxygen atoms in total. The van der Waals surface area contributed by atoms with Crippen molar-refractivity contribution in [2.75, 3.05) is 0 Å². The predicted molar refractivity (Wildman–Crippen MR) is 237 cm³/mol. The smallest absolute Gasteiger partial charge is 0.164 e. The molecule has 0 aliphatic rings. The van der Waals surface area contributed by atoms with Gasteiger partial charge in [-0.15, -0.1) is 0 Å². The van der Waals surface area contributed by atoms with Crippen molar-refractivity contribution >= 4 is 65.0 Å². The summed E-state index contributed by atoms with van der Waals surface area (Å²) < 4.78 is 6.51. The van der Waals surface area contributed by atoms with E-state index < -0.39 is 0 Å². The normalized spacial score (nSPS) is 11.5. The molecule has 0 bridgehead atoms. The number of hydrogen-bond donors (Lipinski definition) is 0. The van der Waals surface area contributed by atoms with Gasteiger partial charge in [-0.2, -0.15) is 0 Å². The van der Waals surface area contributed by atoms with Crippen molar-refractivity contribution in [2.24, 2.45) is 0 Å². The third-order valence-corrected chi connectivity index (χ3v) is 11.0. The molecule has 4 heteroatoms. The van der Waals surface area contributed by atoms with Crippen molar-refractivity contribution in [1.82, 2.24) is 15.0 Å². The summed E-state index contributed by atoms with van der Waals surface area (Å²) in [6.45, 7) is 0. The summed E-state index contributed by atoms with van der Waals surface area (Å²) in [5.74, 6) is 1.85. The summed E-state index contributed by atoms with van der Waals surface area (Å²) >= 11 is 0. The highest BCUT2D eigenvalue weighted by Gasteiger charge is 2.16. The van der Waals surface area contributed by atoms with Crippen LogP contribution in [-0.4, -0.2) is 15.0 Å². The molecule has 0 atom stereocenters. The van der Waals surface area contributed by atoms with Gasteiger partial charge in [-0.05, 0) is 73.1 Å². The number of furan rings is 1. The highest BCUT2D eigenvalue weighted by molar-refractivity contribution is 6.31. The average molecular weight is 728 g/mol. The van der Waals surface area contributed by atoms with Gasteiger partial charge in [-0.25, -0.2) is 15.0 Å². The lowest BCUT2D eigenvalue weighted by Crippen LogP contribution is -2.00. The maximum Gasteiger partial charge on any atom is 0.164 e. The van der Waals surface area contributed by atoms with E-state index in [4.69, 9.17) is 19.4 Å². The maximum absolute atomic E-state index is 6.51. The summed E-state index contributed by atoms with van der Waals surface area (Å²) in [5, 5.41) is 11.3. The van der Waals surface area contributed by atoms with Crippen molar-refractivity contribution < 1.29 is 4.42 Å². The van der Waals surface area contributed by atoms with Crippen LogP contribution in [0.25, 0.3) is 110 Å². The van der Waals surface area contributed by atoms with E-state index in [9.17, 15) is 0 Å². The summed E-state index contributed by atoms with van der Waals surface area (Å²) in [6, 6.07) is 70.1. The zero-order valence-corrected chi connectivity index (χ0v) is 30.8. The molecule has 11 rings (SSSR count). The molecule has 0 N–H and O–H groups in total. The van der Waals surface area contributed by atoms with E-state index >= 15 is 0 Å². The Bertz CT molecular complexity index is 3390. The Morgan fingerprint density at radius 3 is 1.47 bits per heavy atom. The Labute approximate surface area is 328 Å². The lowest BCUT2D eigenvalue weighted by Gasteiger charge is -2.11. The third kappa shape index (κ3) is 5.74. The van der Waals surface area contributed by atoms with E-state index in [0.717, 1.165) is 76.5 Å². The second kappa shape index (κ2) is 13.6. The van der Waals surface area contributed by atoms with Crippen LogP contribution in [0.2, 0.25) is 0 Å². The van der Waals surface area contributed by atoms with Gasteiger partial charge in [0.15, 0.2) is 17.5 Å². The summed E-state index contributed by atoms with van der Waals surface area (Å²) in [5.41, 5.74) is 6.79. The highest BCUT2D eigenvalue weighted by Crippen LogP contribution is 2.41. The first-order chi connectivity index (χ1) is 28.2. The molecule has 0 fully saturated rings. The molecule has 2 heterocycles. The first-order valence-electron chi connectivity index (χ1n) is 19.2. The van der Waals surface area contributed by atoms with Crippen LogP contribution < -0.4 is 0 Å². The standard InChI is InChI=1S/C53H33N3O/c1-3-13-34(14-4-1)35-23-28-39(29-24-35)52-54-51(38-16-5-2-6-17-38)55-53(56-52)40-30-27-37-26-25-36-15-7-8-18-41(36)42-19-9-10-20-43(42)49-44(46(37)33-40)31-32-48-50(49)45-21-11-12-22-47(45)57-48/h1-33H. The average Bonchev–Trinajstić information content (AvgIpc) is 3.67. The molecule has 0 saturated heterocycles. The Hall–Kier alpha value is -7.69. The van der Waals surface area contributed by atoms with E-state index in [0.29, 0.717) is 17.5 Å². The van der Waals surface area contributed by atoms with Gasteiger partial charge in [0.25, 0.3) is 0 Å². The first kappa shape index (κ1) is 32.7. The molecular formula is C53H33N3O. The lowest BCUT2D eigenvalue weighted by molar-refractivity contribution is 0.669. The van der Waals surface area contributed by atoms with Gasteiger partial charge in [-0.3, -0.25) is 0 Å². The summed E-state index contributed by atoms with van der Waals surface area (Å²) in [7, 11) is 0. The molecule has 11 aromatic rings. The monoisotopic (exact) mass is 727 g/mol. The van der Waals surface area contributed by atoms with Crippen LogP contribution in [0.4, 0.5) is 0 Å². The SMILES string of the molecule is c1ccc(-c2ccc(-c3nc(-c4ccccc4)nc(-c4ccc5ccc6ccccc6c6ccccc6c6c(ccc7oc8ccccc8c76)c5c4)n3)cc2)cc1. The molecule has 0 spiro atoms. The zero-order chi connectivity index (χ0) is 37.7. The van der Waals surface area contributed by atoms with Crippen molar-refractivity contribution in [3.8, 4) is 45.3 Å². The fourth-order valence-electron chi connectivity index (χ4n) is 8.19. The molecule has 0 aliphatic heterocycles. The number of nitrogens with zero attached hydrogens (tertiary/aromatic N) is 3. The highest BCUT2D eigenvalue weighted by atomic mass is 16.3. The van der Waals surface area contributed by atoms with Crippen LogP contribution in [0.15, 0.2) is 205 Å². The van der Waals surface area contributed by atoms with E-state index in [2.05, 4.69) is 158 Å². The molecule has 9 aromatic carbocycles. The minimum Gasteiger partial charge on any atom is -0.456 e. The van der Waals surface area contributed by atoms with E-state index in [1.54, 1.807) is 0 Å². The summed E-state index contributed by atoms with van der Waals surface area (Å²) in [4.78, 5) is 15.3. The van der Waals surface area contributed by atoms with Crippen LogP contribution in [0.3, 0.4) is 0 Å². The number of fused-ring (bicyclic) bond motifs is 11. The van der Waals surface area contributed by atoms with Crippen molar-refractivity contribution in [2.45, 2.75) is 0 Å². The van der Waals surface area contributed by atoms with E-state index in [-0.39, 0.29) is 0 Å². The van der Waals surface area contributed by atoms with Gasteiger partial charge in [0, 0.05) is 32.8 Å². The van der Waals surface area contributed by atoms with Gasteiger partial charge in [0.2, 0.25) is 0 Å². The fraction of sp³-hybridized carbons (Fsp3) is 0. The Balaban J connectivity index is 1.22. The molecule has 266 valence electrons. The minimum atomic E-state index is 0.608. The molecule has 0 aliphatic carbocycles. The Kier molecular flexibility index (Phi) is 7.78. The number of benzene rings is 8. The third-order valence-electron chi connectivity index (χ3n) is 11.0. The van der Waals surface area contributed by atoms with Gasteiger partial charge >= 0.3 is 0 Å². The molecule has 0 amide bonds. The zero-order valence-electron chi connectivity index (χ0n) is 30.8. The van der Waals surface area contributed by atoms with Crippen LogP contribution >= 0.6 is 0 Å². The number of para-hydroxylation sites is 1. The van der Waals surface area contributed by atoms with E-state index in [1.165, 1.54) is 16.3 Å². The van der Waals surface area contributed by atoms with Gasteiger partial charge < -0.3 is 4.42 Å². The number of hydrogen-bond acceptors (Lipinski definition) is 4. The van der Waals surface area contributed by atoms with Crippen LogP contribution in [-0.2, 0) is 0 Å². The van der Waals surface area contributed by atoms with Crippen molar-refractivity contribution in [1.29, 1.82) is 0 Å². The molecule has 0 radical (unpaired) electrons. The van der Waals surface area contributed by atoms with E-state index in [1.807, 2.05) is 42.5 Å². The van der Waals surface area contributed by atoms with Crippen LogP contribution in [0, 0.1) is 0 Å². The summed E-state index contributed by atoms with van der Waals surface area (Å²) in [6.07, 6.45) is 0. The minimum absolute atomic E-state index is 0.608. The quantitative estimate of drug-likeness (QED) is 0.181. The maximum atomic E-state index is 6.51. The molecule has 0 saturated carbocycles. The Morgan fingerprint density at radius 1 is 0.263 bits per heavy atom. The van der Waals surface area contributed by atoms with Crippen LogP contribution in [0.1, 0.15) is 0 Å². The second-order valence-corrected chi connectivity index (χ2v) is 14.3. The number of rotatable bonds is 4. The molecule has 57 heavy (non-hydrogen) atoms. The fourth-order valence-corrected chi connectivity index (χ4v) is 8.19. The topological polar surface area (TPSA) is 51.8 Å². The predicted octanol–water partition coefficient (Wildman–Crippen LogP) is 14.2. The van der Waals surface area contributed by atoms with Gasteiger partial charge in [0.05, 0.1) is 0 Å².